The topological polar surface area (TPSA) is 26.3 Å². The highest BCUT2D eigenvalue weighted by molar-refractivity contribution is 5.87. The van der Waals surface area contributed by atoms with E-state index < -0.39 is 0 Å². The molecule has 51 valence electrons. The van der Waals surface area contributed by atoms with Gasteiger partial charge in [0.1, 0.15) is 0 Å². The monoisotopic (exact) mass is 127 g/mol. The lowest BCUT2D eigenvalue weighted by atomic mass is 10.2. The molecule has 9 heavy (non-hydrogen) atoms. The maximum Gasteiger partial charge on any atom is 0.333 e. The van der Waals surface area contributed by atoms with Crippen molar-refractivity contribution in [3.63, 3.8) is 0 Å². The van der Waals surface area contributed by atoms with Gasteiger partial charge in [-0.25, -0.2) is 4.79 Å². The van der Waals surface area contributed by atoms with Crippen LogP contribution in [0, 0.1) is 6.92 Å². The summed E-state index contributed by atoms with van der Waals surface area (Å²) in [5.74, 6) is -0.340. The molecule has 0 rings (SSSR count). The van der Waals surface area contributed by atoms with E-state index in [9.17, 15) is 4.79 Å². The summed E-state index contributed by atoms with van der Waals surface area (Å²) in [6.07, 6.45) is 0.638. The van der Waals surface area contributed by atoms with Crippen molar-refractivity contribution in [3.05, 3.63) is 19.1 Å². The Labute approximate surface area is 55.5 Å². The van der Waals surface area contributed by atoms with Crippen LogP contribution >= 0.6 is 0 Å². The van der Waals surface area contributed by atoms with Crippen LogP contribution in [0.15, 0.2) is 12.2 Å². The number of esters is 1. The van der Waals surface area contributed by atoms with Crippen molar-refractivity contribution < 1.29 is 9.53 Å². The van der Waals surface area contributed by atoms with E-state index in [2.05, 4.69) is 18.2 Å². The first-order valence-electron chi connectivity index (χ1n) is 2.86. The first-order valence-corrected chi connectivity index (χ1v) is 2.86. The van der Waals surface area contributed by atoms with Gasteiger partial charge in [0.2, 0.25) is 0 Å². The average Bonchev–Trinajstić information content (AvgIpc) is 1.87. The fourth-order valence-electron chi connectivity index (χ4n) is 0.339. The number of hydrogen-bond donors (Lipinski definition) is 0. The van der Waals surface area contributed by atoms with Crippen LogP contribution in [0.4, 0.5) is 0 Å². The summed E-state index contributed by atoms with van der Waals surface area (Å²) in [6.45, 7) is 8.88. The molecule has 0 saturated heterocycles. The van der Waals surface area contributed by atoms with Gasteiger partial charge in [-0.15, -0.1) is 0 Å². The van der Waals surface area contributed by atoms with Gasteiger partial charge < -0.3 is 4.74 Å². The van der Waals surface area contributed by atoms with Gasteiger partial charge in [-0.3, -0.25) is 0 Å². The molecule has 0 bridgehead atoms. The van der Waals surface area contributed by atoms with Crippen LogP contribution in [0.2, 0.25) is 0 Å². The number of ether oxygens (including phenoxy) is 1. The van der Waals surface area contributed by atoms with Crippen LogP contribution in [0.5, 0.6) is 0 Å². The molecule has 0 aliphatic heterocycles. The molecule has 0 amide bonds. The molecule has 2 nitrogen and oxygen atoms in total. The van der Waals surface area contributed by atoms with Crippen LogP contribution in [0.1, 0.15) is 13.3 Å². The Morgan fingerprint density at radius 3 is 2.56 bits per heavy atom. The molecule has 0 aliphatic rings. The second kappa shape index (κ2) is 4.13. The largest absolute Gasteiger partial charge is 0.462 e. The van der Waals surface area contributed by atoms with E-state index >= 15 is 0 Å². The third kappa shape index (κ3) is 2.90. The summed E-state index contributed by atoms with van der Waals surface area (Å²) in [5.41, 5.74) is 0.499. The van der Waals surface area contributed by atoms with Crippen LogP contribution in [0.3, 0.4) is 0 Å². The molecule has 0 unspecified atom stereocenters. The van der Waals surface area contributed by atoms with Crippen LogP contribution < -0.4 is 0 Å². The summed E-state index contributed by atoms with van der Waals surface area (Å²) in [4.78, 5) is 10.6. The highest BCUT2D eigenvalue weighted by Gasteiger charge is 2.02. The smallest absolute Gasteiger partial charge is 0.333 e. The first-order chi connectivity index (χ1) is 4.22. The summed E-state index contributed by atoms with van der Waals surface area (Å²) in [5, 5.41) is 0. The maximum atomic E-state index is 10.6. The zero-order valence-electron chi connectivity index (χ0n) is 5.64. The van der Waals surface area contributed by atoms with Crippen molar-refractivity contribution in [2.45, 2.75) is 13.3 Å². The highest BCUT2D eigenvalue weighted by Crippen LogP contribution is 1.98. The minimum Gasteiger partial charge on any atom is -0.462 e. The van der Waals surface area contributed by atoms with E-state index in [0.29, 0.717) is 12.0 Å². The van der Waals surface area contributed by atoms with Gasteiger partial charge in [0.25, 0.3) is 0 Å². The minimum atomic E-state index is -0.340. The molecule has 2 heteroatoms. The summed E-state index contributed by atoms with van der Waals surface area (Å²) in [6, 6.07) is 0. The molecule has 0 aromatic rings. The molecule has 0 fully saturated rings. The lowest BCUT2D eigenvalue weighted by Crippen LogP contribution is -2.05. The predicted molar refractivity (Wildman–Crippen MR) is 35.7 cm³/mol. The van der Waals surface area contributed by atoms with E-state index in [-0.39, 0.29) is 12.6 Å². The zero-order valence-corrected chi connectivity index (χ0v) is 5.64. The Bertz CT molecular complexity index is 116. The normalized spacial score (nSPS) is 8.67. The van der Waals surface area contributed by atoms with Gasteiger partial charge in [0.15, 0.2) is 0 Å². The molecule has 0 heterocycles. The summed E-state index contributed by atoms with van der Waals surface area (Å²) < 4.78 is 4.54. The fourth-order valence-corrected chi connectivity index (χ4v) is 0.339. The number of carbonyl (C=O) groups is 1. The second-order valence-electron chi connectivity index (χ2n) is 1.59. The third-order valence-electron chi connectivity index (χ3n) is 0.949. The Morgan fingerprint density at radius 1 is 1.67 bits per heavy atom. The Balaban J connectivity index is 3.60. The van der Waals surface area contributed by atoms with Gasteiger partial charge in [0.05, 0.1) is 6.61 Å². The molecular formula is C7H11O2. The third-order valence-corrected chi connectivity index (χ3v) is 0.949. The van der Waals surface area contributed by atoms with Crippen molar-refractivity contribution in [2.24, 2.45) is 0 Å². The van der Waals surface area contributed by atoms with Gasteiger partial charge in [-0.1, -0.05) is 13.5 Å². The van der Waals surface area contributed by atoms with Crippen molar-refractivity contribution >= 4 is 5.97 Å². The Morgan fingerprint density at radius 2 is 2.22 bits per heavy atom. The van der Waals surface area contributed by atoms with Gasteiger partial charge in [0, 0.05) is 5.57 Å². The fraction of sp³-hybridized carbons (Fsp3) is 0.429. The zero-order chi connectivity index (χ0) is 7.28. The van der Waals surface area contributed by atoms with Gasteiger partial charge in [-0.2, -0.15) is 0 Å². The lowest BCUT2D eigenvalue weighted by molar-refractivity contribution is -0.137. The second-order valence-corrected chi connectivity index (χ2v) is 1.59. The minimum absolute atomic E-state index is 0.178. The van der Waals surface area contributed by atoms with E-state index in [0.717, 1.165) is 0 Å². The number of carbonyl (C=O) groups excluding carboxylic acids is 1. The standard InChI is InChI=1S/C7H11O2/c1-4-6(3)7(8)9-5-2/h2-5H2,1H3. The van der Waals surface area contributed by atoms with Crippen molar-refractivity contribution in [1.82, 2.24) is 0 Å². The average molecular weight is 127 g/mol. The van der Waals surface area contributed by atoms with Crippen LogP contribution in [0.25, 0.3) is 0 Å². The molecule has 0 saturated carbocycles. The van der Waals surface area contributed by atoms with Crippen molar-refractivity contribution in [2.75, 3.05) is 6.61 Å². The van der Waals surface area contributed by atoms with Gasteiger partial charge >= 0.3 is 5.97 Å². The maximum absolute atomic E-state index is 10.6. The molecule has 1 radical (unpaired) electrons. The SMILES string of the molecule is [CH2]COC(=O)C(=C)CC. The number of hydrogen-bond acceptors (Lipinski definition) is 2. The van der Waals surface area contributed by atoms with E-state index in [1.165, 1.54) is 0 Å². The lowest BCUT2D eigenvalue weighted by Gasteiger charge is -1.99. The number of rotatable bonds is 3. The van der Waals surface area contributed by atoms with Crippen molar-refractivity contribution in [1.29, 1.82) is 0 Å². The van der Waals surface area contributed by atoms with E-state index in [4.69, 9.17) is 0 Å². The van der Waals surface area contributed by atoms with E-state index in [1.54, 1.807) is 0 Å². The first kappa shape index (κ1) is 8.21. The van der Waals surface area contributed by atoms with Crippen LogP contribution in [-0.2, 0) is 9.53 Å². The molecule has 0 aliphatic carbocycles. The summed E-state index contributed by atoms with van der Waals surface area (Å²) >= 11 is 0. The van der Waals surface area contributed by atoms with Gasteiger partial charge in [-0.05, 0) is 13.3 Å². The molecule has 0 N–H and O–H groups in total. The van der Waals surface area contributed by atoms with Crippen LogP contribution in [-0.4, -0.2) is 12.6 Å². The molecular weight excluding hydrogens is 116 g/mol. The highest BCUT2D eigenvalue weighted by atomic mass is 16.5. The Kier molecular flexibility index (Phi) is 3.76. The van der Waals surface area contributed by atoms with E-state index in [1.807, 2.05) is 6.92 Å². The molecule has 0 aromatic carbocycles. The molecule has 0 aromatic heterocycles. The Hall–Kier alpha value is -0.790. The van der Waals surface area contributed by atoms with Crippen molar-refractivity contribution in [3.8, 4) is 0 Å². The predicted octanol–water partition coefficient (Wildman–Crippen LogP) is 1.33. The molecule has 0 atom stereocenters. The quantitative estimate of drug-likeness (QED) is 0.422. The molecule has 0 spiro atoms. The summed E-state index contributed by atoms with van der Waals surface area (Å²) in [7, 11) is 0.